The molecule has 0 aromatic heterocycles. The van der Waals surface area contributed by atoms with Crippen LogP contribution in [0.15, 0.2) is 30.3 Å². The van der Waals surface area contributed by atoms with Gasteiger partial charge in [0.1, 0.15) is 6.61 Å². The summed E-state index contributed by atoms with van der Waals surface area (Å²) in [6.45, 7) is 0.413. The molecule has 2 rings (SSSR count). The molecule has 0 spiro atoms. The van der Waals surface area contributed by atoms with Gasteiger partial charge in [0.2, 0.25) is 0 Å². The van der Waals surface area contributed by atoms with Crippen LogP contribution in [0.25, 0.3) is 0 Å². The summed E-state index contributed by atoms with van der Waals surface area (Å²) in [5.74, 6) is 0.140. The van der Waals surface area contributed by atoms with Crippen LogP contribution in [0.1, 0.15) is 37.7 Å². The van der Waals surface area contributed by atoms with Gasteiger partial charge in [-0.3, -0.25) is 4.79 Å². The number of carbonyl (C=O) groups excluding carboxylic acids is 1. The first-order chi connectivity index (χ1) is 8.86. The van der Waals surface area contributed by atoms with Gasteiger partial charge in [0.05, 0.1) is 5.92 Å². The zero-order chi connectivity index (χ0) is 13.2. The summed E-state index contributed by atoms with van der Waals surface area (Å²) in [6, 6.07) is 9.85. The van der Waals surface area contributed by atoms with Gasteiger partial charge in [-0.25, -0.2) is 0 Å². The van der Waals surface area contributed by atoms with Crippen molar-refractivity contribution in [3.8, 4) is 0 Å². The van der Waals surface area contributed by atoms with Crippen molar-refractivity contribution in [3.63, 3.8) is 0 Å². The highest BCUT2D eigenvalue weighted by molar-refractivity contribution is 5.72. The van der Waals surface area contributed by atoms with Gasteiger partial charge in [0.25, 0.3) is 0 Å². The molecule has 0 heterocycles. The maximum Gasteiger partial charge on any atom is 0.309 e. The number of rotatable bonds is 3. The van der Waals surface area contributed by atoms with Crippen molar-refractivity contribution in [1.29, 1.82) is 0 Å². The minimum absolute atomic E-state index is 0.0106. The second-order valence-corrected chi connectivity index (χ2v) is 4.43. The maximum atomic E-state index is 11.7. The minimum atomic E-state index is -0.0106. The Kier molecular flexibility index (Phi) is 7.11. The molecule has 1 aromatic rings. The fourth-order valence-electron chi connectivity index (χ4n) is 2.18. The fraction of sp³-hybridized carbons (Fsp3) is 0.533. The lowest BCUT2D eigenvalue weighted by molar-refractivity contribution is -0.151. The van der Waals surface area contributed by atoms with Crippen LogP contribution in [0.2, 0.25) is 0 Å². The van der Waals surface area contributed by atoms with Crippen molar-refractivity contribution in [1.82, 2.24) is 0 Å². The number of carbonyl (C=O) groups is 1. The second-order valence-electron chi connectivity index (χ2n) is 4.43. The second kappa shape index (κ2) is 8.70. The molecule has 0 radical (unpaired) electrons. The van der Waals surface area contributed by atoms with E-state index >= 15 is 0 Å². The van der Waals surface area contributed by atoms with E-state index in [0.29, 0.717) is 6.61 Å². The monoisotopic (exact) mass is 250 g/mol. The summed E-state index contributed by atoms with van der Waals surface area (Å²) in [5.41, 5.74) is 1.06. The van der Waals surface area contributed by atoms with Crippen LogP contribution in [0.5, 0.6) is 0 Å². The van der Waals surface area contributed by atoms with E-state index in [9.17, 15) is 4.79 Å². The van der Waals surface area contributed by atoms with Gasteiger partial charge in [-0.15, -0.1) is 0 Å². The summed E-state index contributed by atoms with van der Waals surface area (Å²) in [4.78, 5) is 11.7. The van der Waals surface area contributed by atoms with Crippen LogP contribution < -0.4 is 0 Å². The Balaban J connectivity index is 0.000000771. The lowest BCUT2D eigenvalue weighted by Crippen LogP contribution is -2.20. The predicted molar refractivity (Wildman–Crippen MR) is 71.0 cm³/mol. The number of hydrogen-bond donors (Lipinski definition) is 1. The highest BCUT2D eigenvalue weighted by atomic mass is 16.5. The Hall–Kier alpha value is -1.35. The summed E-state index contributed by atoms with van der Waals surface area (Å²) in [6.07, 6.45) is 5.62. The van der Waals surface area contributed by atoms with Crippen molar-refractivity contribution in [2.24, 2.45) is 5.92 Å². The average molecular weight is 250 g/mol. The summed E-state index contributed by atoms with van der Waals surface area (Å²) in [7, 11) is 1.00. The van der Waals surface area contributed by atoms with E-state index in [1.807, 2.05) is 30.3 Å². The molecule has 1 aliphatic rings. The molecule has 3 nitrogen and oxygen atoms in total. The molecule has 100 valence electrons. The number of aliphatic hydroxyl groups is 1. The largest absolute Gasteiger partial charge is 0.461 e. The zero-order valence-electron chi connectivity index (χ0n) is 11.0. The van der Waals surface area contributed by atoms with Crippen molar-refractivity contribution in [3.05, 3.63) is 35.9 Å². The molecule has 0 atom stereocenters. The summed E-state index contributed by atoms with van der Waals surface area (Å²) < 4.78 is 5.33. The number of ether oxygens (including phenoxy) is 1. The Labute approximate surface area is 109 Å². The fourth-order valence-corrected chi connectivity index (χ4v) is 2.18. The number of hydrogen-bond acceptors (Lipinski definition) is 3. The van der Waals surface area contributed by atoms with Crippen molar-refractivity contribution >= 4 is 5.97 Å². The molecule has 3 heteroatoms. The lowest BCUT2D eigenvalue weighted by atomic mass is 9.89. The molecule has 0 bridgehead atoms. The Bertz CT molecular complexity index is 329. The van der Waals surface area contributed by atoms with Crippen LogP contribution in [-0.2, 0) is 16.1 Å². The summed E-state index contributed by atoms with van der Waals surface area (Å²) >= 11 is 0. The molecule has 1 aromatic carbocycles. The standard InChI is InChI=1S/C14H18O2.CH4O/c15-14(13-9-5-2-6-10-13)16-11-12-7-3-1-4-8-12;1-2/h1,3-4,7-8,13H,2,5-6,9-11H2;2H,1H3. The lowest BCUT2D eigenvalue weighted by Gasteiger charge is -2.19. The number of benzene rings is 1. The van der Waals surface area contributed by atoms with Crippen LogP contribution in [0.4, 0.5) is 0 Å². The van der Waals surface area contributed by atoms with E-state index in [1.54, 1.807) is 0 Å². The highest BCUT2D eigenvalue weighted by Gasteiger charge is 2.22. The van der Waals surface area contributed by atoms with Crippen LogP contribution >= 0.6 is 0 Å². The molecular formula is C15H22O3. The van der Waals surface area contributed by atoms with Gasteiger partial charge in [0, 0.05) is 7.11 Å². The molecule has 1 fully saturated rings. The topological polar surface area (TPSA) is 46.5 Å². The zero-order valence-corrected chi connectivity index (χ0v) is 11.0. The Morgan fingerprint density at radius 1 is 1.17 bits per heavy atom. The van der Waals surface area contributed by atoms with E-state index in [4.69, 9.17) is 9.84 Å². The third-order valence-electron chi connectivity index (χ3n) is 3.16. The molecule has 0 amide bonds. The first-order valence-corrected chi connectivity index (χ1v) is 6.51. The van der Waals surface area contributed by atoms with E-state index in [1.165, 1.54) is 19.3 Å². The maximum absolute atomic E-state index is 11.7. The quantitative estimate of drug-likeness (QED) is 0.839. The van der Waals surface area contributed by atoms with Crippen molar-refractivity contribution < 1.29 is 14.6 Å². The molecule has 1 N–H and O–H groups in total. The SMILES string of the molecule is CO.O=C(OCc1ccccc1)C1CCCCC1. The first kappa shape index (κ1) is 14.7. The number of aliphatic hydroxyl groups excluding tert-OH is 1. The van der Waals surface area contributed by atoms with Crippen LogP contribution in [-0.4, -0.2) is 18.2 Å². The van der Waals surface area contributed by atoms with Gasteiger partial charge in [-0.05, 0) is 18.4 Å². The van der Waals surface area contributed by atoms with E-state index < -0.39 is 0 Å². The van der Waals surface area contributed by atoms with Gasteiger partial charge in [-0.1, -0.05) is 49.6 Å². The smallest absolute Gasteiger partial charge is 0.309 e. The molecular weight excluding hydrogens is 228 g/mol. The average Bonchev–Trinajstić information content (AvgIpc) is 2.49. The van der Waals surface area contributed by atoms with Crippen LogP contribution in [0, 0.1) is 5.92 Å². The first-order valence-electron chi connectivity index (χ1n) is 6.51. The van der Waals surface area contributed by atoms with Gasteiger partial charge in [-0.2, -0.15) is 0 Å². The van der Waals surface area contributed by atoms with E-state index in [0.717, 1.165) is 25.5 Å². The summed E-state index contributed by atoms with van der Waals surface area (Å²) in [5, 5.41) is 7.00. The Morgan fingerprint density at radius 3 is 2.39 bits per heavy atom. The Morgan fingerprint density at radius 2 is 1.78 bits per heavy atom. The molecule has 0 aliphatic heterocycles. The molecule has 0 unspecified atom stereocenters. The molecule has 0 saturated heterocycles. The predicted octanol–water partition coefficient (Wildman–Crippen LogP) is 2.92. The third kappa shape index (κ3) is 4.88. The van der Waals surface area contributed by atoms with Gasteiger partial charge >= 0.3 is 5.97 Å². The number of esters is 1. The van der Waals surface area contributed by atoms with Crippen molar-refractivity contribution in [2.75, 3.05) is 7.11 Å². The van der Waals surface area contributed by atoms with E-state index in [-0.39, 0.29) is 11.9 Å². The third-order valence-corrected chi connectivity index (χ3v) is 3.16. The molecule has 1 aliphatic carbocycles. The highest BCUT2D eigenvalue weighted by Crippen LogP contribution is 2.24. The molecule has 1 saturated carbocycles. The van der Waals surface area contributed by atoms with E-state index in [2.05, 4.69) is 0 Å². The normalized spacial score (nSPS) is 15.4. The van der Waals surface area contributed by atoms with Crippen LogP contribution in [0.3, 0.4) is 0 Å². The minimum Gasteiger partial charge on any atom is -0.461 e. The van der Waals surface area contributed by atoms with Crippen molar-refractivity contribution in [2.45, 2.75) is 38.7 Å². The van der Waals surface area contributed by atoms with Gasteiger partial charge < -0.3 is 9.84 Å². The van der Waals surface area contributed by atoms with Gasteiger partial charge in [0.15, 0.2) is 0 Å². The molecule has 18 heavy (non-hydrogen) atoms.